The van der Waals surface area contributed by atoms with E-state index in [0.717, 1.165) is 13.0 Å². The van der Waals surface area contributed by atoms with Gasteiger partial charge >= 0.3 is 5.97 Å². The van der Waals surface area contributed by atoms with Crippen molar-refractivity contribution in [3.8, 4) is 5.75 Å². The van der Waals surface area contributed by atoms with Crippen LogP contribution in [0.2, 0.25) is 0 Å². The van der Waals surface area contributed by atoms with Crippen molar-refractivity contribution in [1.29, 1.82) is 0 Å². The van der Waals surface area contributed by atoms with Gasteiger partial charge in [-0.25, -0.2) is 0 Å². The number of rotatable bonds is 2. The molecule has 0 aromatic heterocycles. The summed E-state index contributed by atoms with van der Waals surface area (Å²) >= 11 is 0. The van der Waals surface area contributed by atoms with Gasteiger partial charge in [-0.2, -0.15) is 0 Å². The molecular formula is C16H24N2O2. The van der Waals surface area contributed by atoms with Crippen molar-refractivity contribution < 1.29 is 9.53 Å². The van der Waals surface area contributed by atoms with Crippen LogP contribution in [-0.4, -0.2) is 18.7 Å². The van der Waals surface area contributed by atoms with Crippen molar-refractivity contribution in [2.75, 3.05) is 6.54 Å². The van der Waals surface area contributed by atoms with Gasteiger partial charge < -0.3 is 15.8 Å². The first-order valence-corrected chi connectivity index (χ1v) is 7.17. The highest BCUT2D eigenvalue weighted by Gasteiger charge is 2.26. The average Bonchev–Trinajstić information content (AvgIpc) is 2.38. The maximum Gasteiger partial charge on any atom is 0.314 e. The third kappa shape index (κ3) is 3.81. The van der Waals surface area contributed by atoms with Crippen LogP contribution in [0.5, 0.6) is 5.75 Å². The van der Waals surface area contributed by atoms with Crippen LogP contribution < -0.4 is 15.8 Å². The van der Waals surface area contributed by atoms with Crippen LogP contribution >= 0.6 is 0 Å². The SMILES string of the molecule is CC(C)(C)c1ccc(OC(=O)C2CCNC(N)C2)cc1. The molecule has 0 bridgehead atoms. The highest BCUT2D eigenvalue weighted by atomic mass is 16.5. The maximum atomic E-state index is 12.1. The Morgan fingerprint density at radius 2 is 1.95 bits per heavy atom. The molecule has 2 unspecified atom stereocenters. The molecule has 1 aliphatic heterocycles. The van der Waals surface area contributed by atoms with Gasteiger partial charge in [-0.05, 0) is 42.5 Å². The largest absolute Gasteiger partial charge is 0.426 e. The Bertz CT molecular complexity index is 462. The molecule has 2 rings (SSSR count). The Labute approximate surface area is 120 Å². The number of nitrogens with one attached hydrogen (secondary N) is 1. The summed E-state index contributed by atoms with van der Waals surface area (Å²) in [5.41, 5.74) is 7.13. The first-order chi connectivity index (χ1) is 9.36. The van der Waals surface area contributed by atoms with Crippen LogP contribution in [-0.2, 0) is 10.2 Å². The molecule has 0 saturated carbocycles. The quantitative estimate of drug-likeness (QED) is 0.642. The van der Waals surface area contributed by atoms with Crippen LogP contribution in [0, 0.1) is 5.92 Å². The molecule has 1 saturated heterocycles. The summed E-state index contributed by atoms with van der Waals surface area (Å²) in [6, 6.07) is 7.74. The zero-order valence-electron chi connectivity index (χ0n) is 12.5. The Morgan fingerprint density at radius 3 is 2.50 bits per heavy atom. The Morgan fingerprint density at radius 1 is 1.30 bits per heavy atom. The lowest BCUT2D eigenvalue weighted by atomic mass is 9.87. The molecule has 1 aromatic rings. The minimum atomic E-state index is -0.176. The second-order valence-electron chi connectivity index (χ2n) is 6.48. The second kappa shape index (κ2) is 5.94. The van der Waals surface area contributed by atoms with E-state index in [-0.39, 0.29) is 23.5 Å². The van der Waals surface area contributed by atoms with E-state index >= 15 is 0 Å². The van der Waals surface area contributed by atoms with Gasteiger partial charge in [0.05, 0.1) is 12.1 Å². The third-order valence-electron chi connectivity index (χ3n) is 3.71. The lowest BCUT2D eigenvalue weighted by Crippen LogP contribution is -2.46. The minimum Gasteiger partial charge on any atom is -0.426 e. The zero-order valence-corrected chi connectivity index (χ0v) is 12.5. The Hall–Kier alpha value is -1.39. The third-order valence-corrected chi connectivity index (χ3v) is 3.71. The number of nitrogens with two attached hydrogens (primary N) is 1. The number of carbonyl (C=O) groups excluding carboxylic acids is 1. The van der Waals surface area contributed by atoms with Crippen molar-refractivity contribution in [3.05, 3.63) is 29.8 Å². The fourth-order valence-electron chi connectivity index (χ4n) is 2.39. The lowest BCUT2D eigenvalue weighted by Gasteiger charge is -2.26. The van der Waals surface area contributed by atoms with Crippen molar-refractivity contribution in [3.63, 3.8) is 0 Å². The van der Waals surface area contributed by atoms with Gasteiger partial charge in [0.15, 0.2) is 0 Å². The molecule has 4 heteroatoms. The predicted molar refractivity (Wildman–Crippen MR) is 79.5 cm³/mol. The summed E-state index contributed by atoms with van der Waals surface area (Å²) in [5, 5.41) is 3.12. The second-order valence-corrected chi connectivity index (χ2v) is 6.48. The molecule has 1 aliphatic rings. The van der Waals surface area contributed by atoms with Crippen LogP contribution in [0.25, 0.3) is 0 Å². The number of esters is 1. The van der Waals surface area contributed by atoms with E-state index in [2.05, 4.69) is 26.1 Å². The molecule has 1 heterocycles. The first-order valence-electron chi connectivity index (χ1n) is 7.17. The van der Waals surface area contributed by atoms with E-state index in [9.17, 15) is 4.79 Å². The standard InChI is InChI=1S/C16H24N2O2/c1-16(2,3)12-4-6-13(7-5-12)20-15(19)11-8-9-18-14(17)10-11/h4-7,11,14,18H,8-10,17H2,1-3H3. The van der Waals surface area contributed by atoms with Gasteiger partial charge in [-0.1, -0.05) is 32.9 Å². The van der Waals surface area contributed by atoms with E-state index in [1.165, 1.54) is 5.56 Å². The molecule has 4 nitrogen and oxygen atoms in total. The zero-order chi connectivity index (χ0) is 14.8. The predicted octanol–water partition coefficient (Wildman–Crippen LogP) is 2.17. The Kier molecular flexibility index (Phi) is 4.45. The molecule has 110 valence electrons. The van der Waals surface area contributed by atoms with Gasteiger partial charge in [0, 0.05) is 0 Å². The normalized spacial score (nSPS) is 23.4. The average molecular weight is 276 g/mol. The van der Waals surface area contributed by atoms with Crippen molar-refractivity contribution in [2.45, 2.75) is 45.2 Å². The number of piperidine rings is 1. The number of benzene rings is 1. The van der Waals surface area contributed by atoms with E-state index in [1.807, 2.05) is 24.3 Å². The molecule has 0 aliphatic carbocycles. The molecule has 2 atom stereocenters. The summed E-state index contributed by atoms with van der Waals surface area (Å²) in [6.45, 7) is 7.24. The molecule has 1 fully saturated rings. The summed E-state index contributed by atoms with van der Waals surface area (Å²) in [6.07, 6.45) is 1.32. The van der Waals surface area contributed by atoms with Crippen LogP contribution in [0.3, 0.4) is 0 Å². The van der Waals surface area contributed by atoms with Crippen LogP contribution in [0.15, 0.2) is 24.3 Å². The number of carbonyl (C=O) groups is 1. The molecule has 20 heavy (non-hydrogen) atoms. The van der Waals surface area contributed by atoms with E-state index in [0.29, 0.717) is 12.2 Å². The van der Waals surface area contributed by atoms with Crippen molar-refractivity contribution in [1.82, 2.24) is 5.32 Å². The lowest BCUT2D eigenvalue weighted by molar-refractivity contribution is -0.140. The van der Waals surface area contributed by atoms with Gasteiger partial charge in [0.25, 0.3) is 0 Å². The molecule has 0 radical (unpaired) electrons. The molecule has 3 N–H and O–H groups in total. The summed E-state index contributed by atoms with van der Waals surface area (Å²) < 4.78 is 5.45. The number of ether oxygens (including phenoxy) is 1. The number of hydrogen-bond donors (Lipinski definition) is 2. The van der Waals surface area contributed by atoms with Gasteiger partial charge in [0.1, 0.15) is 5.75 Å². The first kappa shape index (κ1) is 15.0. The molecule has 0 amide bonds. The van der Waals surface area contributed by atoms with Crippen molar-refractivity contribution >= 4 is 5.97 Å². The van der Waals surface area contributed by atoms with Crippen LogP contribution in [0.1, 0.15) is 39.2 Å². The van der Waals surface area contributed by atoms with Gasteiger partial charge in [-0.15, -0.1) is 0 Å². The molecular weight excluding hydrogens is 252 g/mol. The minimum absolute atomic E-state index is 0.102. The summed E-state index contributed by atoms with van der Waals surface area (Å²) in [4.78, 5) is 12.1. The van der Waals surface area contributed by atoms with Gasteiger partial charge in [-0.3, -0.25) is 4.79 Å². The maximum absolute atomic E-state index is 12.1. The molecule has 0 spiro atoms. The number of hydrogen-bond acceptors (Lipinski definition) is 4. The molecule has 1 aromatic carbocycles. The van der Waals surface area contributed by atoms with Gasteiger partial charge in [0.2, 0.25) is 0 Å². The van der Waals surface area contributed by atoms with E-state index in [1.54, 1.807) is 0 Å². The fraction of sp³-hybridized carbons (Fsp3) is 0.562. The topological polar surface area (TPSA) is 64.3 Å². The summed E-state index contributed by atoms with van der Waals surface area (Å²) in [5.74, 6) is 0.328. The van der Waals surface area contributed by atoms with Crippen LogP contribution in [0.4, 0.5) is 0 Å². The smallest absolute Gasteiger partial charge is 0.314 e. The highest BCUT2D eigenvalue weighted by Crippen LogP contribution is 2.25. The van der Waals surface area contributed by atoms with E-state index in [4.69, 9.17) is 10.5 Å². The van der Waals surface area contributed by atoms with Crippen molar-refractivity contribution in [2.24, 2.45) is 11.7 Å². The van der Waals surface area contributed by atoms with E-state index < -0.39 is 0 Å². The fourth-order valence-corrected chi connectivity index (χ4v) is 2.39. The Balaban J connectivity index is 1.97. The highest BCUT2D eigenvalue weighted by molar-refractivity contribution is 5.75. The monoisotopic (exact) mass is 276 g/mol. The summed E-state index contributed by atoms with van der Waals surface area (Å²) in [7, 11) is 0.